The molecular formula is C27H46O2. The summed E-state index contributed by atoms with van der Waals surface area (Å²) in [6.07, 6.45) is 11.2. The molecule has 0 aromatic carbocycles. The van der Waals surface area contributed by atoms with Crippen LogP contribution in [0.1, 0.15) is 99.3 Å². The van der Waals surface area contributed by atoms with Gasteiger partial charge in [-0.2, -0.15) is 0 Å². The first-order valence-corrected chi connectivity index (χ1v) is 12.8. The smallest absolute Gasteiger partial charge is 0.303 e. The molecule has 4 saturated carbocycles. The van der Waals surface area contributed by atoms with Crippen LogP contribution in [0.4, 0.5) is 0 Å². The summed E-state index contributed by atoms with van der Waals surface area (Å²) >= 11 is 0. The molecule has 1 N–H and O–H groups in total. The molecular weight excluding hydrogens is 356 g/mol. The van der Waals surface area contributed by atoms with Gasteiger partial charge in [0.1, 0.15) is 0 Å². The number of fused-ring (bicyclic) bond motifs is 5. The average molecular weight is 403 g/mol. The quantitative estimate of drug-likeness (QED) is 0.536. The molecule has 4 aliphatic rings. The first-order valence-electron chi connectivity index (χ1n) is 12.8. The van der Waals surface area contributed by atoms with E-state index in [9.17, 15) is 9.90 Å². The monoisotopic (exact) mass is 402 g/mol. The Morgan fingerprint density at radius 1 is 1.03 bits per heavy atom. The second-order valence-electron chi connectivity index (χ2n) is 12.7. The standard InChI is InChI=1S/C27H46O2/c1-16-11-12-26(5)20(13-16)14-18(3)25-22-9-8-21(17(2)7-10-24(28)29)27(22,6)19(4)15-23(25)26/h16-23,25H,7-15H2,1-6H3,(H,28,29)/t16-,17+,18?,19?,20+,21?,22-,23?,25?,26?,27+/m0/s1. The molecule has 0 radical (unpaired) electrons. The Labute approximate surface area is 179 Å². The summed E-state index contributed by atoms with van der Waals surface area (Å²) in [5.41, 5.74) is 0.991. The van der Waals surface area contributed by atoms with Gasteiger partial charge in [0.25, 0.3) is 0 Å². The van der Waals surface area contributed by atoms with E-state index in [1.165, 1.54) is 44.9 Å². The van der Waals surface area contributed by atoms with Crippen molar-refractivity contribution in [1.29, 1.82) is 0 Å². The minimum absolute atomic E-state index is 0.340. The Bertz CT molecular complexity index is 628. The van der Waals surface area contributed by atoms with Crippen LogP contribution >= 0.6 is 0 Å². The normalized spacial score (nSPS) is 52.9. The highest BCUT2D eigenvalue weighted by Crippen LogP contribution is 2.71. The maximum Gasteiger partial charge on any atom is 0.303 e. The molecule has 0 amide bonds. The van der Waals surface area contributed by atoms with Crippen LogP contribution < -0.4 is 0 Å². The van der Waals surface area contributed by atoms with Crippen LogP contribution in [0.2, 0.25) is 0 Å². The molecule has 0 spiro atoms. The molecule has 0 aromatic rings. The number of carbonyl (C=O) groups is 1. The van der Waals surface area contributed by atoms with Gasteiger partial charge in [-0.15, -0.1) is 0 Å². The Balaban J connectivity index is 1.61. The van der Waals surface area contributed by atoms with Crippen molar-refractivity contribution in [3.63, 3.8) is 0 Å². The van der Waals surface area contributed by atoms with Gasteiger partial charge < -0.3 is 5.11 Å². The summed E-state index contributed by atoms with van der Waals surface area (Å²) in [6.45, 7) is 15.3. The summed E-state index contributed by atoms with van der Waals surface area (Å²) in [6, 6.07) is 0. The van der Waals surface area contributed by atoms with Crippen LogP contribution in [-0.4, -0.2) is 11.1 Å². The van der Waals surface area contributed by atoms with Crippen molar-refractivity contribution in [2.24, 2.45) is 64.1 Å². The van der Waals surface area contributed by atoms with Crippen LogP contribution in [-0.2, 0) is 4.79 Å². The topological polar surface area (TPSA) is 37.3 Å². The summed E-state index contributed by atoms with van der Waals surface area (Å²) in [5.74, 6) is 6.83. The third kappa shape index (κ3) is 3.30. The highest BCUT2D eigenvalue weighted by atomic mass is 16.4. The first-order chi connectivity index (χ1) is 13.6. The van der Waals surface area contributed by atoms with Crippen LogP contribution in [0, 0.1) is 64.1 Å². The maximum absolute atomic E-state index is 11.2. The van der Waals surface area contributed by atoms with Gasteiger partial charge in [0, 0.05) is 6.42 Å². The molecule has 11 atom stereocenters. The maximum atomic E-state index is 11.2. The van der Waals surface area contributed by atoms with Gasteiger partial charge in [-0.25, -0.2) is 0 Å². The van der Waals surface area contributed by atoms with E-state index in [1.54, 1.807) is 0 Å². The zero-order chi connectivity index (χ0) is 21.1. The molecule has 4 aliphatic carbocycles. The molecule has 166 valence electrons. The molecule has 0 aromatic heterocycles. The third-order valence-corrected chi connectivity index (χ3v) is 11.4. The summed E-state index contributed by atoms with van der Waals surface area (Å²) in [5, 5.41) is 9.20. The van der Waals surface area contributed by atoms with Crippen molar-refractivity contribution in [3.05, 3.63) is 0 Å². The molecule has 29 heavy (non-hydrogen) atoms. The van der Waals surface area contributed by atoms with Crippen molar-refractivity contribution in [2.45, 2.75) is 99.3 Å². The Kier molecular flexibility index (Phi) is 5.65. The lowest BCUT2D eigenvalue weighted by Crippen LogP contribution is -2.58. The Hall–Kier alpha value is -0.530. The molecule has 2 nitrogen and oxygen atoms in total. The van der Waals surface area contributed by atoms with Crippen LogP contribution in [0.5, 0.6) is 0 Å². The summed E-state index contributed by atoms with van der Waals surface area (Å²) in [7, 11) is 0. The lowest BCUT2D eigenvalue weighted by Gasteiger charge is -2.65. The molecule has 0 heterocycles. The van der Waals surface area contributed by atoms with Gasteiger partial charge >= 0.3 is 5.97 Å². The van der Waals surface area contributed by atoms with Gasteiger partial charge in [-0.1, -0.05) is 48.0 Å². The van der Waals surface area contributed by atoms with E-state index < -0.39 is 5.97 Å². The average Bonchev–Trinajstić information content (AvgIpc) is 3.01. The predicted octanol–water partition coefficient (Wildman–Crippen LogP) is 7.27. The Morgan fingerprint density at radius 2 is 1.76 bits per heavy atom. The molecule has 4 rings (SSSR count). The molecule has 2 heteroatoms. The van der Waals surface area contributed by atoms with Gasteiger partial charge in [0.2, 0.25) is 0 Å². The van der Waals surface area contributed by atoms with Gasteiger partial charge in [-0.05, 0) is 109 Å². The summed E-state index contributed by atoms with van der Waals surface area (Å²) < 4.78 is 0. The number of rotatable bonds is 4. The van der Waals surface area contributed by atoms with Crippen LogP contribution in [0.25, 0.3) is 0 Å². The van der Waals surface area contributed by atoms with Gasteiger partial charge in [0.15, 0.2) is 0 Å². The molecule has 0 bridgehead atoms. The van der Waals surface area contributed by atoms with Crippen molar-refractivity contribution in [2.75, 3.05) is 0 Å². The largest absolute Gasteiger partial charge is 0.481 e. The zero-order valence-corrected chi connectivity index (χ0v) is 19.9. The fraction of sp³-hybridized carbons (Fsp3) is 0.963. The predicted molar refractivity (Wildman–Crippen MR) is 120 cm³/mol. The first kappa shape index (κ1) is 21.7. The van der Waals surface area contributed by atoms with Crippen molar-refractivity contribution in [1.82, 2.24) is 0 Å². The van der Waals surface area contributed by atoms with E-state index in [1.807, 2.05) is 0 Å². The molecule has 0 saturated heterocycles. The number of carboxylic acid groups (broad SMARTS) is 1. The SMILES string of the molecule is CC1C[C@H]2C[C@@H](C)CCC2(C)C2CC(C)[C@]3(C)C([C@H](C)CCC(=O)O)CC[C@H]3C12. The van der Waals surface area contributed by atoms with E-state index >= 15 is 0 Å². The number of hydrogen-bond acceptors (Lipinski definition) is 1. The fourth-order valence-electron chi connectivity index (χ4n) is 9.71. The molecule has 0 aliphatic heterocycles. The van der Waals surface area contributed by atoms with Gasteiger partial charge in [0.05, 0.1) is 0 Å². The van der Waals surface area contributed by atoms with E-state index in [4.69, 9.17) is 0 Å². The second kappa shape index (κ2) is 7.56. The van der Waals surface area contributed by atoms with Crippen molar-refractivity contribution in [3.8, 4) is 0 Å². The van der Waals surface area contributed by atoms with Crippen LogP contribution in [0.15, 0.2) is 0 Å². The lowest BCUT2D eigenvalue weighted by molar-refractivity contribution is -0.163. The highest BCUT2D eigenvalue weighted by Gasteiger charge is 2.64. The number of hydrogen-bond donors (Lipinski definition) is 1. The lowest BCUT2D eigenvalue weighted by atomic mass is 9.40. The Morgan fingerprint density at radius 3 is 2.45 bits per heavy atom. The van der Waals surface area contributed by atoms with Crippen LogP contribution in [0.3, 0.4) is 0 Å². The molecule has 4 fully saturated rings. The van der Waals surface area contributed by atoms with E-state index in [-0.39, 0.29) is 0 Å². The van der Waals surface area contributed by atoms with E-state index in [0.29, 0.717) is 29.1 Å². The second-order valence-corrected chi connectivity index (χ2v) is 12.7. The summed E-state index contributed by atoms with van der Waals surface area (Å²) in [4.78, 5) is 11.2. The van der Waals surface area contributed by atoms with E-state index in [2.05, 4.69) is 41.5 Å². The molecule has 6 unspecified atom stereocenters. The minimum atomic E-state index is -0.625. The van der Waals surface area contributed by atoms with Crippen molar-refractivity contribution < 1.29 is 9.90 Å². The minimum Gasteiger partial charge on any atom is -0.481 e. The number of aliphatic carboxylic acids is 1. The number of carboxylic acids is 1. The zero-order valence-electron chi connectivity index (χ0n) is 19.9. The third-order valence-electron chi connectivity index (χ3n) is 11.4. The van der Waals surface area contributed by atoms with Gasteiger partial charge in [-0.3, -0.25) is 4.79 Å². The van der Waals surface area contributed by atoms with Crippen molar-refractivity contribution >= 4 is 5.97 Å². The fourth-order valence-corrected chi connectivity index (χ4v) is 9.71. The van der Waals surface area contributed by atoms with E-state index in [0.717, 1.165) is 47.8 Å². The highest BCUT2D eigenvalue weighted by molar-refractivity contribution is 5.66.